The zero-order chi connectivity index (χ0) is 29.6. The second-order valence-electron chi connectivity index (χ2n) is 8.15. The van der Waals surface area contributed by atoms with E-state index in [2.05, 4.69) is 4.98 Å². The zero-order valence-corrected chi connectivity index (χ0v) is 17.6. The molecule has 0 aliphatic rings. The second kappa shape index (κ2) is 6.64. The predicted octanol–water partition coefficient (Wildman–Crippen LogP) is 7.01. The van der Waals surface area contributed by atoms with Crippen molar-refractivity contribution in [2.45, 2.75) is 27.5 Å². The van der Waals surface area contributed by atoms with Gasteiger partial charge in [0.05, 0.1) is 11.1 Å². The molecule has 0 spiro atoms. The van der Waals surface area contributed by atoms with Crippen molar-refractivity contribution in [2.24, 2.45) is 7.05 Å². The maximum absolute atomic E-state index is 8.25. The lowest BCUT2D eigenvalue weighted by Gasteiger charge is -2.08. The van der Waals surface area contributed by atoms with E-state index in [1.165, 1.54) is 16.8 Å². The zero-order valence-electron chi connectivity index (χ0n) is 26.6. The minimum absolute atomic E-state index is 0.120. The summed E-state index contributed by atoms with van der Waals surface area (Å²) in [7, 11) is 1.61. The van der Waals surface area contributed by atoms with Gasteiger partial charge in [0.15, 0.2) is 11.8 Å². The molecule has 0 saturated heterocycles. The summed E-state index contributed by atoms with van der Waals surface area (Å²) in [5.74, 6) is 0. The van der Waals surface area contributed by atoms with E-state index in [9.17, 15) is 0 Å². The molecule has 0 radical (unpaired) electrons. The number of nitrogens with zero attached hydrogens (tertiary/aromatic N) is 2. The quantitative estimate of drug-likeness (QED) is 0.209. The van der Waals surface area contributed by atoms with E-state index in [-0.39, 0.29) is 22.4 Å². The molecule has 0 amide bonds. The van der Waals surface area contributed by atoms with Crippen LogP contribution in [-0.2, 0) is 7.05 Å². The van der Waals surface area contributed by atoms with Crippen molar-refractivity contribution >= 4 is 43.5 Å². The number of fused-ring (bicyclic) bond motifs is 7. The molecule has 0 bridgehead atoms. The number of benzene rings is 3. The van der Waals surface area contributed by atoms with Crippen molar-refractivity contribution in [3.8, 4) is 11.3 Å². The fraction of sp³-hybridized carbons (Fsp3) is 0.172. The maximum Gasteiger partial charge on any atom is 0.218 e. The second-order valence-corrected chi connectivity index (χ2v) is 8.15. The normalized spacial score (nSPS) is 17.2. The summed E-state index contributed by atoms with van der Waals surface area (Å²) in [6.45, 7) is -6.30. The van der Waals surface area contributed by atoms with Crippen LogP contribution in [0.25, 0.3) is 54.7 Å². The fourth-order valence-corrected chi connectivity index (χ4v) is 4.70. The summed E-state index contributed by atoms with van der Waals surface area (Å²) in [5.41, 5.74) is 1.05. The third-order valence-corrected chi connectivity index (χ3v) is 6.21. The third-order valence-electron chi connectivity index (χ3n) is 6.21. The number of hydrogen-bond donors (Lipinski definition) is 0. The molecule has 3 aromatic carbocycles. The molecule has 0 N–H and O–H groups in total. The van der Waals surface area contributed by atoms with Gasteiger partial charge in [-0.05, 0) is 61.3 Å². The number of furan rings is 1. The molecule has 3 heterocycles. The Kier molecular flexibility index (Phi) is 2.44. The van der Waals surface area contributed by atoms with E-state index in [1.807, 2.05) is 48.5 Å². The van der Waals surface area contributed by atoms with E-state index < -0.39 is 20.6 Å². The van der Waals surface area contributed by atoms with Crippen molar-refractivity contribution in [2.75, 3.05) is 0 Å². The highest BCUT2D eigenvalue weighted by atomic mass is 16.3. The highest BCUT2D eigenvalue weighted by Gasteiger charge is 2.24. The summed E-state index contributed by atoms with van der Waals surface area (Å²) in [6, 6.07) is 17.0. The first-order chi connectivity index (χ1) is 19.1. The van der Waals surface area contributed by atoms with Gasteiger partial charge in [-0.25, -0.2) is 4.57 Å². The molecule has 0 fully saturated rings. The first-order valence-corrected chi connectivity index (χ1v) is 10.3. The molecule has 3 nitrogen and oxygen atoms in total. The maximum atomic E-state index is 8.25. The minimum atomic E-state index is -2.71. The lowest BCUT2D eigenvalue weighted by atomic mass is 9.98. The average molecular weight is 427 g/mol. The van der Waals surface area contributed by atoms with Crippen LogP contribution in [0, 0.1) is 27.5 Å². The van der Waals surface area contributed by atoms with Gasteiger partial charge >= 0.3 is 0 Å². The Bertz CT molecular complexity index is 2030. The van der Waals surface area contributed by atoms with Crippen LogP contribution in [-0.4, -0.2) is 4.98 Å². The summed E-state index contributed by atoms with van der Waals surface area (Å²) in [5, 5.41) is 4.69. The minimum Gasteiger partial charge on any atom is -0.454 e. The Balaban J connectivity index is 1.78. The van der Waals surface area contributed by atoms with Crippen LogP contribution in [0.5, 0.6) is 0 Å². The van der Waals surface area contributed by atoms with Crippen LogP contribution in [0.4, 0.5) is 0 Å². The van der Waals surface area contributed by atoms with Gasteiger partial charge < -0.3 is 4.42 Å². The van der Waals surface area contributed by atoms with E-state index in [0.717, 1.165) is 21.5 Å². The van der Waals surface area contributed by atoms with Crippen molar-refractivity contribution in [3.05, 3.63) is 83.3 Å². The van der Waals surface area contributed by atoms with Gasteiger partial charge in [-0.15, -0.1) is 0 Å². The molecule has 156 valence electrons. The Morgan fingerprint density at radius 3 is 2.47 bits per heavy atom. The van der Waals surface area contributed by atoms with E-state index in [1.54, 1.807) is 14.0 Å². The monoisotopic (exact) mass is 426 g/mol. The van der Waals surface area contributed by atoms with Gasteiger partial charge in [-0.2, -0.15) is 0 Å². The van der Waals surface area contributed by atoms with Crippen molar-refractivity contribution in [1.82, 2.24) is 4.98 Å². The Hall–Kier alpha value is -3.72. The molecule has 6 aromatic rings. The summed E-state index contributed by atoms with van der Waals surface area (Å²) in [4.78, 5) is 4.52. The summed E-state index contributed by atoms with van der Waals surface area (Å²) >= 11 is 0. The summed E-state index contributed by atoms with van der Waals surface area (Å²) in [6.07, 6.45) is 1.29. The molecule has 3 heteroatoms. The van der Waals surface area contributed by atoms with Crippen molar-refractivity contribution in [1.29, 1.82) is 0 Å². The van der Waals surface area contributed by atoms with Crippen LogP contribution in [0.1, 0.15) is 34.9 Å². The lowest BCUT2D eigenvalue weighted by molar-refractivity contribution is -0.660. The van der Waals surface area contributed by atoms with E-state index >= 15 is 0 Å². The number of pyridine rings is 2. The summed E-state index contributed by atoms with van der Waals surface area (Å²) < 4.78 is 80.8. The standard InChI is InChI=1S/C29H25N2O/c1-16-14-25(31(5)15-17(16)2)27-19(4)30-18(3)26-24-13-12-22-21-9-7-6-8-20(21)10-11-23(22)28(24)32-29(26)27/h6-15H,1-5H3/q+1/i1D3,2D3,3D3. The van der Waals surface area contributed by atoms with Crippen molar-refractivity contribution < 1.29 is 21.3 Å². The van der Waals surface area contributed by atoms with Gasteiger partial charge in [0, 0.05) is 40.4 Å². The fourth-order valence-electron chi connectivity index (χ4n) is 4.70. The number of aromatic nitrogens is 2. The SMILES string of the molecule is [2H]C([2H])([2H])c1cc(-c2c(C)nc(C([2H])([2H])[2H])c3c2oc2c4ccc5ccccc5c4ccc23)[n+](C)cc1C([2H])([2H])[2H]. The molecular formula is C29H25N2O+. The highest BCUT2D eigenvalue weighted by Crippen LogP contribution is 2.41. The molecule has 0 atom stereocenters. The first kappa shape index (κ1) is 11.8. The topological polar surface area (TPSA) is 29.9 Å². The van der Waals surface area contributed by atoms with Crippen LogP contribution >= 0.6 is 0 Å². The van der Waals surface area contributed by atoms with Gasteiger partial charge in [-0.3, -0.25) is 4.98 Å². The van der Waals surface area contributed by atoms with Gasteiger partial charge in [0.2, 0.25) is 5.69 Å². The smallest absolute Gasteiger partial charge is 0.218 e. The van der Waals surface area contributed by atoms with Crippen molar-refractivity contribution in [3.63, 3.8) is 0 Å². The first-order valence-electron chi connectivity index (χ1n) is 14.8. The molecule has 0 aliphatic heterocycles. The van der Waals surface area contributed by atoms with Gasteiger partial charge in [-0.1, -0.05) is 36.4 Å². The molecule has 0 saturated carbocycles. The van der Waals surface area contributed by atoms with Crippen LogP contribution < -0.4 is 4.57 Å². The lowest BCUT2D eigenvalue weighted by Crippen LogP contribution is -2.31. The van der Waals surface area contributed by atoms with Gasteiger partial charge in [0.25, 0.3) is 0 Å². The molecular weight excluding hydrogens is 392 g/mol. The largest absolute Gasteiger partial charge is 0.454 e. The number of rotatable bonds is 1. The molecule has 6 rings (SSSR count). The van der Waals surface area contributed by atoms with Crippen LogP contribution in [0.2, 0.25) is 0 Å². The number of hydrogen-bond acceptors (Lipinski definition) is 2. The molecule has 32 heavy (non-hydrogen) atoms. The molecule has 0 unspecified atom stereocenters. The van der Waals surface area contributed by atoms with E-state index in [0.29, 0.717) is 33.3 Å². The average Bonchev–Trinajstić information content (AvgIpc) is 3.26. The van der Waals surface area contributed by atoms with E-state index in [4.69, 9.17) is 16.8 Å². The third kappa shape index (κ3) is 2.54. The predicted molar refractivity (Wildman–Crippen MR) is 132 cm³/mol. The van der Waals surface area contributed by atoms with Crippen LogP contribution in [0.15, 0.2) is 65.2 Å². The number of aryl methyl sites for hydroxylation is 5. The van der Waals surface area contributed by atoms with Crippen LogP contribution in [0.3, 0.4) is 0 Å². The molecule has 0 aliphatic carbocycles. The Labute approximate surface area is 199 Å². The molecule has 3 aromatic heterocycles. The Morgan fingerprint density at radius 1 is 0.812 bits per heavy atom. The highest BCUT2D eigenvalue weighted by molar-refractivity contribution is 6.22. The van der Waals surface area contributed by atoms with Gasteiger partial charge in [0.1, 0.15) is 18.2 Å². The Morgan fingerprint density at radius 2 is 1.62 bits per heavy atom.